The number of nitrogens with one attached hydrogen (secondary N) is 3. The number of anilines is 2. The molecule has 0 atom stereocenters. The maximum absolute atomic E-state index is 13.2. The summed E-state index contributed by atoms with van der Waals surface area (Å²) in [7, 11) is 1.36. The number of piperidine rings is 1. The van der Waals surface area contributed by atoms with E-state index in [0.29, 0.717) is 35.0 Å². The Balaban J connectivity index is 1.51. The van der Waals surface area contributed by atoms with E-state index in [0.717, 1.165) is 49.3 Å². The Morgan fingerprint density at radius 2 is 2.19 bits per heavy atom. The van der Waals surface area contributed by atoms with Gasteiger partial charge in [-0.2, -0.15) is 0 Å². The largest absolute Gasteiger partial charge is 0.465 e. The van der Waals surface area contributed by atoms with Gasteiger partial charge in [-0.1, -0.05) is 0 Å². The minimum Gasteiger partial charge on any atom is -0.465 e. The first kappa shape index (κ1) is 22.7. The summed E-state index contributed by atoms with van der Waals surface area (Å²) in [4.78, 5) is 33.3. The summed E-state index contributed by atoms with van der Waals surface area (Å²) >= 11 is 1.41. The van der Waals surface area contributed by atoms with E-state index in [9.17, 15) is 9.59 Å². The van der Waals surface area contributed by atoms with Crippen molar-refractivity contribution in [2.75, 3.05) is 50.5 Å². The van der Waals surface area contributed by atoms with E-state index in [1.54, 1.807) is 18.3 Å². The number of β-amino-alcohol motifs (C(OH)–C–C–N with tert-alkyl or cyclic N) is 1. The SMILES string of the molecule is COC(=O)c1c(NC(=O)c2cccnc2NC2CCN(CCO)CC2)sc2c1CCNC2. The molecular formula is C22H29N5O4S. The summed E-state index contributed by atoms with van der Waals surface area (Å²) in [5, 5.41) is 19.3. The first-order valence-corrected chi connectivity index (χ1v) is 11.7. The van der Waals surface area contributed by atoms with Crippen LogP contribution in [0.4, 0.5) is 10.8 Å². The minimum atomic E-state index is -0.432. The van der Waals surface area contributed by atoms with Crippen molar-refractivity contribution in [1.82, 2.24) is 15.2 Å². The van der Waals surface area contributed by atoms with Crippen LogP contribution in [0.15, 0.2) is 18.3 Å². The monoisotopic (exact) mass is 459 g/mol. The number of likely N-dealkylation sites (tertiary alicyclic amines) is 1. The highest BCUT2D eigenvalue weighted by Gasteiger charge is 2.28. The van der Waals surface area contributed by atoms with E-state index >= 15 is 0 Å². The number of thiophene rings is 1. The van der Waals surface area contributed by atoms with Crippen molar-refractivity contribution in [3.63, 3.8) is 0 Å². The maximum Gasteiger partial charge on any atom is 0.341 e. The Bertz CT molecular complexity index is 971. The van der Waals surface area contributed by atoms with Crippen LogP contribution in [-0.2, 0) is 17.7 Å². The molecule has 1 saturated heterocycles. The van der Waals surface area contributed by atoms with Gasteiger partial charge in [0.25, 0.3) is 5.91 Å². The summed E-state index contributed by atoms with van der Waals surface area (Å²) in [6, 6.07) is 3.67. The van der Waals surface area contributed by atoms with Gasteiger partial charge in [0, 0.05) is 43.3 Å². The van der Waals surface area contributed by atoms with Crippen LogP contribution < -0.4 is 16.0 Å². The maximum atomic E-state index is 13.2. The molecule has 0 spiro atoms. The number of hydrogen-bond acceptors (Lipinski definition) is 9. The molecule has 10 heteroatoms. The summed E-state index contributed by atoms with van der Waals surface area (Å²) < 4.78 is 4.99. The van der Waals surface area contributed by atoms with Crippen LogP contribution in [0.25, 0.3) is 0 Å². The molecule has 4 heterocycles. The third-order valence-corrected chi connectivity index (χ3v) is 7.09. The molecule has 0 aliphatic carbocycles. The molecule has 1 fully saturated rings. The average Bonchev–Trinajstić information content (AvgIpc) is 3.18. The van der Waals surface area contributed by atoms with Gasteiger partial charge < -0.3 is 30.7 Å². The molecule has 1 amide bonds. The lowest BCUT2D eigenvalue weighted by Crippen LogP contribution is -2.40. The highest BCUT2D eigenvalue weighted by atomic mass is 32.1. The van der Waals surface area contributed by atoms with Crippen molar-refractivity contribution >= 4 is 34.0 Å². The van der Waals surface area contributed by atoms with Crippen LogP contribution in [0.3, 0.4) is 0 Å². The third kappa shape index (κ3) is 4.93. The summed E-state index contributed by atoms with van der Waals surface area (Å²) in [6.45, 7) is 4.10. The number of fused-ring (bicyclic) bond motifs is 1. The molecule has 0 saturated carbocycles. The smallest absolute Gasteiger partial charge is 0.341 e. The highest BCUT2D eigenvalue weighted by molar-refractivity contribution is 7.17. The molecule has 2 aromatic rings. The Labute approximate surface area is 191 Å². The van der Waals surface area contributed by atoms with Crippen LogP contribution in [-0.4, -0.2) is 72.8 Å². The van der Waals surface area contributed by atoms with Crippen molar-refractivity contribution in [1.29, 1.82) is 0 Å². The van der Waals surface area contributed by atoms with Gasteiger partial charge in [-0.3, -0.25) is 4.79 Å². The van der Waals surface area contributed by atoms with E-state index in [1.165, 1.54) is 18.4 Å². The summed E-state index contributed by atoms with van der Waals surface area (Å²) in [5.41, 5.74) is 1.85. The van der Waals surface area contributed by atoms with Crippen molar-refractivity contribution in [3.05, 3.63) is 39.9 Å². The molecule has 172 valence electrons. The lowest BCUT2D eigenvalue weighted by molar-refractivity contribution is 0.0601. The zero-order valence-corrected chi connectivity index (χ0v) is 19.0. The second-order valence-corrected chi connectivity index (χ2v) is 9.07. The molecular weight excluding hydrogens is 430 g/mol. The molecule has 2 aromatic heterocycles. The number of amides is 1. The molecule has 0 radical (unpaired) electrons. The number of aliphatic hydroxyl groups excluding tert-OH is 1. The third-order valence-electron chi connectivity index (χ3n) is 5.94. The van der Waals surface area contributed by atoms with Crippen molar-refractivity contribution in [3.8, 4) is 0 Å². The molecule has 0 bridgehead atoms. The van der Waals surface area contributed by atoms with Crippen LogP contribution >= 0.6 is 11.3 Å². The lowest BCUT2D eigenvalue weighted by Gasteiger charge is -2.32. The fourth-order valence-corrected chi connectivity index (χ4v) is 5.45. The molecule has 32 heavy (non-hydrogen) atoms. The standard InChI is InChI=1S/C22H29N5O4S/c1-31-22(30)18-15-4-8-23-13-17(15)32-21(18)26-20(29)16-3-2-7-24-19(16)25-14-5-9-27(10-6-14)11-12-28/h2-3,7,14,23,28H,4-6,8-13H2,1H3,(H,24,25)(H,26,29). The van der Waals surface area contributed by atoms with Crippen molar-refractivity contribution in [2.24, 2.45) is 0 Å². The number of hydrogen-bond donors (Lipinski definition) is 4. The number of pyridine rings is 1. The predicted octanol–water partition coefficient (Wildman–Crippen LogP) is 1.70. The Morgan fingerprint density at radius 3 is 2.94 bits per heavy atom. The zero-order valence-electron chi connectivity index (χ0n) is 18.1. The number of methoxy groups -OCH3 is 1. The van der Waals surface area contributed by atoms with Gasteiger partial charge in [0.05, 0.1) is 24.8 Å². The molecule has 0 aromatic carbocycles. The van der Waals surface area contributed by atoms with E-state index in [1.807, 2.05) is 0 Å². The average molecular weight is 460 g/mol. The lowest BCUT2D eigenvalue weighted by atomic mass is 10.0. The predicted molar refractivity (Wildman–Crippen MR) is 123 cm³/mol. The number of esters is 1. The second kappa shape index (κ2) is 10.4. The normalized spacial score (nSPS) is 16.9. The number of carbonyl (C=O) groups excluding carboxylic acids is 2. The Hall–Kier alpha value is -2.53. The molecule has 2 aliphatic heterocycles. The van der Waals surface area contributed by atoms with Gasteiger partial charge in [-0.15, -0.1) is 11.3 Å². The van der Waals surface area contributed by atoms with Crippen LogP contribution in [0, 0.1) is 0 Å². The Morgan fingerprint density at radius 1 is 1.38 bits per heavy atom. The fraction of sp³-hybridized carbons (Fsp3) is 0.500. The van der Waals surface area contributed by atoms with Crippen molar-refractivity contribution in [2.45, 2.75) is 31.8 Å². The first-order chi connectivity index (χ1) is 15.6. The van der Waals surface area contributed by atoms with E-state index in [2.05, 4.69) is 25.8 Å². The molecule has 2 aliphatic rings. The van der Waals surface area contributed by atoms with E-state index in [-0.39, 0.29) is 18.6 Å². The number of rotatable bonds is 7. The van der Waals surface area contributed by atoms with Gasteiger partial charge in [0.15, 0.2) is 0 Å². The number of carbonyl (C=O) groups is 2. The summed E-state index contributed by atoms with van der Waals surface area (Å²) in [5.74, 6) is -0.206. The van der Waals surface area contributed by atoms with Gasteiger partial charge in [-0.05, 0) is 43.5 Å². The van der Waals surface area contributed by atoms with Gasteiger partial charge in [0.2, 0.25) is 0 Å². The van der Waals surface area contributed by atoms with Crippen LogP contribution in [0.5, 0.6) is 0 Å². The van der Waals surface area contributed by atoms with Gasteiger partial charge in [-0.25, -0.2) is 9.78 Å². The number of aromatic nitrogens is 1. The first-order valence-electron chi connectivity index (χ1n) is 10.9. The quantitative estimate of drug-likeness (QED) is 0.463. The van der Waals surface area contributed by atoms with Crippen molar-refractivity contribution < 1.29 is 19.4 Å². The Kier molecular flexibility index (Phi) is 7.36. The number of nitrogens with zero attached hydrogens (tertiary/aromatic N) is 2. The second-order valence-electron chi connectivity index (χ2n) is 7.96. The summed E-state index contributed by atoms with van der Waals surface area (Å²) in [6.07, 6.45) is 4.21. The minimum absolute atomic E-state index is 0.165. The van der Waals surface area contributed by atoms with E-state index in [4.69, 9.17) is 9.84 Å². The van der Waals surface area contributed by atoms with Gasteiger partial charge >= 0.3 is 5.97 Å². The van der Waals surface area contributed by atoms with Crippen LogP contribution in [0.2, 0.25) is 0 Å². The zero-order chi connectivity index (χ0) is 22.5. The highest BCUT2D eigenvalue weighted by Crippen LogP contribution is 2.36. The molecule has 4 rings (SSSR count). The topological polar surface area (TPSA) is 116 Å². The number of aliphatic hydroxyl groups is 1. The molecule has 9 nitrogen and oxygen atoms in total. The van der Waals surface area contributed by atoms with Gasteiger partial charge in [0.1, 0.15) is 10.8 Å². The fourth-order valence-electron chi connectivity index (χ4n) is 4.25. The molecule has 4 N–H and O–H groups in total. The molecule has 0 unspecified atom stereocenters. The van der Waals surface area contributed by atoms with E-state index < -0.39 is 5.97 Å². The number of ether oxygens (including phenoxy) is 1. The van der Waals surface area contributed by atoms with Crippen LogP contribution in [0.1, 0.15) is 44.0 Å².